The lowest BCUT2D eigenvalue weighted by Gasteiger charge is -2.08. The summed E-state index contributed by atoms with van der Waals surface area (Å²) >= 11 is 0. The molecule has 4 N–H and O–H groups in total. The number of anilines is 2. The average molecular weight is 313 g/mol. The lowest BCUT2D eigenvalue weighted by atomic mass is 10.1. The molecule has 0 unspecified atom stereocenters. The van der Waals surface area contributed by atoms with Gasteiger partial charge in [0.2, 0.25) is 0 Å². The van der Waals surface area contributed by atoms with Gasteiger partial charge in [0.1, 0.15) is 5.75 Å². The van der Waals surface area contributed by atoms with E-state index < -0.39 is 5.82 Å². The Hall–Kier alpha value is -3.02. The minimum Gasteiger partial charge on any atom is -0.508 e. The third kappa shape index (κ3) is 3.11. The van der Waals surface area contributed by atoms with Gasteiger partial charge >= 0.3 is 0 Å². The predicted octanol–water partition coefficient (Wildman–Crippen LogP) is 3.93. The molecule has 1 aromatic heterocycles. The Morgan fingerprint density at radius 2 is 1.96 bits per heavy atom. The quantitative estimate of drug-likeness (QED) is 0.550. The fourth-order valence-electron chi connectivity index (χ4n) is 2.34. The van der Waals surface area contributed by atoms with E-state index in [1.807, 2.05) is 6.92 Å². The molecule has 0 fully saturated rings. The molecule has 0 spiro atoms. The maximum absolute atomic E-state index is 13.4. The molecule has 0 aliphatic heterocycles. The number of phenolic OH excluding ortho intramolecular Hbond substituents is 2. The van der Waals surface area contributed by atoms with Crippen LogP contribution in [0.1, 0.15) is 12.5 Å². The highest BCUT2D eigenvalue weighted by Crippen LogP contribution is 2.28. The second kappa shape index (κ2) is 6.00. The van der Waals surface area contributed by atoms with Crippen molar-refractivity contribution in [1.29, 1.82) is 0 Å². The van der Waals surface area contributed by atoms with Crippen molar-refractivity contribution in [3.05, 3.63) is 53.8 Å². The van der Waals surface area contributed by atoms with Crippen LogP contribution in [0, 0.1) is 5.82 Å². The highest BCUT2D eigenvalue weighted by molar-refractivity contribution is 5.68. The zero-order valence-corrected chi connectivity index (χ0v) is 12.5. The fourth-order valence-corrected chi connectivity index (χ4v) is 2.34. The summed E-state index contributed by atoms with van der Waals surface area (Å²) < 4.78 is 13.4. The van der Waals surface area contributed by atoms with Crippen LogP contribution in [0.4, 0.5) is 15.9 Å². The Kier molecular flexibility index (Phi) is 3.89. The summed E-state index contributed by atoms with van der Waals surface area (Å²) in [5, 5.41) is 28.9. The molecular weight excluding hydrogens is 297 g/mol. The van der Waals surface area contributed by atoms with Gasteiger partial charge in [0.15, 0.2) is 17.4 Å². The molecular formula is C17H16FN3O2. The number of hydrogen-bond donors (Lipinski definition) is 4. The second-order valence-corrected chi connectivity index (χ2v) is 5.15. The fraction of sp³-hybridized carbons (Fsp3) is 0.118. The van der Waals surface area contributed by atoms with Crippen LogP contribution in [0.2, 0.25) is 0 Å². The first-order valence-corrected chi connectivity index (χ1v) is 7.20. The number of nitrogens with zero attached hydrogens (tertiary/aromatic N) is 1. The highest BCUT2D eigenvalue weighted by Gasteiger charge is 2.09. The summed E-state index contributed by atoms with van der Waals surface area (Å²) in [7, 11) is 0. The number of rotatable bonds is 4. The molecule has 118 valence electrons. The van der Waals surface area contributed by atoms with Crippen LogP contribution in [-0.2, 0) is 6.42 Å². The number of hydrogen-bond acceptors (Lipinski definition) is 4. The lowest BCUT2D eigenvalue weighted by molar-refractivity contribution is 0.432. The standard InChI is InChI=1S/C17H16FN3O2/c1-2-10-7-12(22)4-5-14(10)19-17-9-15(20-21-17)11-3-6-16(23)13(18)8-11/h3-9,22-23H,2H2,1H3,(H2,19,20,21). The molecule has 3 rings (SSSR count). The number of aromatic nitrogens is 2. The van der Waals surface area contributed by atoms with Crippen molar-refractivity contribution in [2.45, 2.75) is 13.3 Å². The Morgan fingerprint density at radius 1 is 1.13 bits per heavy atom. The van der Waals surface area contributed by atoms with E-state index in [0.29, 0.717) is 17.1 Å². The van der Waals surface area contributed by atoms with E-state index in [1.54, 1.807) is 30.3 Å². The number of aromatic amines is 1. The molecule has 0 saturated carbocycles. The first kappa shape index (κ1) is 14.9. The highest BCUT2D eigenvalue weighted by atomic mass is 19.1. The summed E-state index contributed by atoms with van der Waals surface area (Å²) in [6.45, 7) is 2.00. The maximum Gasteiger partial charge on any atom is 0.165 e. The molecule has 0 aliphatic rings. The summed E-state index contributed by atoms with van der Waals surface area (Å²) in [5.74, 6) is -0.273. The SMILES string of the molecule is CCc1cc(O)ccc1Nc1cc(-c2ccc(O)c(F)c2)[nH]n1. The van der Waals surface area contributed by atoms with E-state index in [0.717, 1.165) is 17.7 Å². The molecule has 0 bridgehead atoms. The van der Waals surface area contributed by atoms with Gasteiger partial charge in [-0.2, -0.15) is 5.10 Å². The molecule has 5 nitrogen and oxygen atoms in total. The van der Waals surface area contributed by atoms with Gasteiger partial charge in [-0.3, -0.25) is 5.10 Å². The molecule has 0 radical (unpaired) electrons. The number of nitrogens with one attached hydrogen (secondary N) is 2. The molecule has 2 aromatic carbocycles. The van der Waals surface area contributed by atoms with Crippen LogP contribution in [0.5, 0.6) is 11.5 Å². The molecule has 6 heteroatoms. The van der Waals surface area contributed by atoms with Crippen LogP contribution in [-0.4, -0.2) is 20.4 Å². The Balaban J connectivity index is 1.86. The zero-order valence-electron chi connectivity index (χ0n) is 12.5. The van der Waals surface area contributed by atoms with E-state index >= 15 is 0 Å². The van der Waals surface area contributed by atoms with Crippen molar-refractivity contribution in [3.8, 4) is 22.8 Å². The topological polar surface area (TPSA) is 81.2 Å². The monoisotopic (exact) mass is 313 g/mol. The van der Waals surface area contributed by atoms with E-state index in [2.05, 4.69) is 15.5 Å². The number of H-pyrrole nitrogens is 1. The number of aryl methyl sites for hydroxylation is 1. The van der Waals surface area contributed by atoms with Gasteiger partial charge in [-0.15, -0.1) is 0 Å². The van der Waals surface area contributed by atoms with Crippen LogP contribution >= 0.6 is 0 Å². The molecule has 0 atom stereocenters. The Bertz CT molecular complexity index is 846. The molecule has 1 heterocycles. The minimum absolute atomic E-state index is 0.217. The smallest absolute Gasteiger partial charge is 0.165 e. The van der Waals surface area contributed by atoms with Crippen molar-refractivity contribution >= 4 is 11.5 Å². The Morgan fingerprint density at radius 3 is 2.70 bits per heavy atom. The molecule has 23 heavy (non-hydrogen) atoms. The van der Waals surface area contributed by atoms with Gasteiger partial charge in [0.25, 0.3) is 0 Å². The van der Waals surface area contributed by atoms with Crippen LogP contribution in [0.25, 0.3) is 11.3 Å². The van der Waals surface area contributed by atoms with Crippen LogP contribution in [0.3, 0.4) is 0 Å². The number of halogens is 1. The van der Waals surface area contributed by atoms with E-state index in [9.17, 15) is 14.6 Å². The van der Waals surface area contributed by atoms with Crippen LogP contribution < -0.4 is 5.32 Å². The normalized spacial score (nSPS) is 10.7. The average Bonchev–Trinajstić information content (AvgIpc) is 3.00. The molecule has 3 aromatic rings. The lowest BCUT2D eigenvalue weighted by Crippen LogP contribution is -1.95. The third-order valence-electron chi connectivity index (χ3n) is 3.57. The zero-order chi connectivity index (χ0) is 16.4. The Labute approximate surface area is 132 Å². The van der Waals surface area contributed by atoms with Crippen molar-refractivity contribution in [3.63, 3.8) is 0 Å². The second-order valence-electron chi connectivity index (χ2n) is 5.15. The van der Waals surface area contributed by atoms with E-state index in [4.69, 9.17) is 0 Å². The summed E-state index contributed by atoms with van der Waals surface area (Å²) in [5.41, 5.74) is 3.02. The largest absolute Gasteiger partial charge is 0.508 e. The summed E-state index contributed by atoms with van der Waals surface area (Å²) in [4.78, 5) is 0. The van der Waals surface area contributed by atoms with Crippen LogP contribution in [0.15, 0.2) is 42.5 Å². The third-order valence-corrected chi connectivity index (χ3v) is 3.57. The summed E-state index contributed by atoms with van der Waals surface area (Å²) in [6, 6.07) is 11.0. The van der Waals surface area contributed by atoms with Crippen molar-refractivity contribution in [1.82, 2.24) is 10.2 Å². The van der Waals surface area contributed by atoms with Gasteiger partial charge in [0.05, 0.1) is 5.69 Å². The number of aromatic hydroxyl groups is 2. The first-order valence-electron chi connectivity index (χ1n) is 7.20. The predicted molar refractivity (Wildman–Crippen MR) is 86.4 cm³/mol. The minimum atomic E-state index is -0.682. The first-order chi connectivity index (χ1) is 11.1. The van der Waals surface area contributed by atoms with E-state index in [-0.39, 0.29) is 11.5 Å². The molecule has 0 aliphatic carbocycles. The van der Waals surface area contributed by atoms with Gasteiger partial charge in [-0.05, 0) is 48.4 Å². The van der Waals surface area contributed by atoms with Crippen molar-refractivity contribution < 1.29 is 14.6 Å². The van der Waals surface area contributed by atoms with Gasteiger partial charge in [-0.1, -0.05) is 6.92 Å². The summed E-state index contributed by atoms with van der Waals surface area (Å²) in [6.07, 6.45) is 0.761. The molecule has 0 saturated heterocycles. The molecule has 0 amide bonds. The van der Waals surface area contributed by atoms with Crippen molar-refractivity contribution in [2.24, 2.45) is 0 Å². The number of benzene rings is 2. The van der Waals surface area contributed by atoms with Gasteiger partial charge in [0, 0.05) is 17.3 Å². The van der Waals surface area contributed by atoms with Gasteiger partial charge in [-0.25, -0.2) is 4.39 Å². The van der Waals surface area contributed by atoms with Gasteiger partial charge < -0.3 is 15.5 Å². The number of phenols is 2. The van der Waals surface area contributed by atoms with Crippen molar-refractivity contribution in [2.75, 3.05) is 5.32 Å². The maximum atomic E-state index is 13.4. The van der Waals surface area contributed by atoms with E-state index in [1.165, 1.54) is 12.1 Å².